The summed E-state index contributed by atoms with van der Waals surface area (Å²) in [6.45, 7) is 10.0. The highest BCUT2D eigenvalue weighted by molar-refractivity contribution is 5.84. The van der Waals surface area contributed by atoms with E-state index in [0.717, 1.165) is 35.7 Å². The molecule has 1 N–H and O–H groups in total. The smallest absolute Gasteiger partial charge is 0.240 e. The number of aromatic nitrogens is 1. The Balaban J connectivity index is 1.59. The van der Waals surface area contributed by atoms with Crippen LogP contribution in [0.5, 0.6) is 5.75 Å². The molecule has 2 aromatic rings. The Bertz CT molecular complexity index is 766. The van der Waals surface area contributed by atoms with Crippen LogP contribution in [0.2, 0.25) is 0 Å². The number of benzene rings is 1. The number of fused-ring (bicyclic) bond motifs is 1. The van der Waals surface area contributed by atoms with E-state index in [1.165, 1.54) is 12.8 Å². The van der Waals surface area contributed by atoms with Crippen LogP contribution in [0.25, 0.3) is 10.9 Å². The Morgan fingerprint density at radius 2 is 2.15 bits per heavy atom. The van der Waals surface area contributed by atoms with Crippen LogP contribution in [0, 0.1) is 5.92 Å². The molecule has 142 valence electrons. The first-order chi connectivity index (χ1) is 12.4. The van der Waals surface area contributed by atoms with E-state index in [-0.39, 0.29) is 11.4 Å². The highest BCUT2D eigenvalue weighted by Crippen LogP contribution is 2.24. The molecular formula is C21H31N3O2. The fraction of sp³-hybridized carbons (Fsp3) is 0.571. The molecule has 5 nitrogen and oxygen atoms in total. The Morgan fingerprint density at radius 1 is 1.35 bits per heavy atom. The second-order valence-electron chi connectivity index (χ2n) is 8.15. The van der Waals surface area contributed by atoms with Gasteiger partial charge in [-0.25, -0.2) is 0 Å². The predicted molar refractivity (Wildman–Crippen MR) is 106 cm³/mol. The number of carbonyl (C=O) groups is 1. The van der Waals surface area contributed by atoms with Crippen molar-refractivity contribution >= 4 is 16.8 Å². The van der Waals surface area contributed by atoms with Gasteiger partial charge < -0.3 is 14.6 Å². The average Bonchev–Trinajstić information content (AvgIpc) is 3.02. The number of nitrogens with one attached hydrogen (secondary N) is 1. The Labute approximate surface area is 156 Å². The summed E-state index contributed by atoms with van der Waals surface area (Å²) in [6.07, 6.45) is 4.52. The van der Waals surface area contributed by atoms with Crippen LogP contribution in [0.4, 0.5) is 0 Å². The molecule has 5 heteroatoms. The lowest BCUT2D eigenvalue weighted by Gasteiger charge is -2.43. The van der Waals surface area contributed by atoms with E-state index in [0.29, 0.717) is 13.1 Å². The molecule has 1 aliphatic rings. The van der Waals surface area contributed by atoms with Crippen molar-refractivity contribution in [2.24, 2.45) is 5.92 Å². The summed E-state index contributed by atoms with van der Waals surface area (Å²) < 4.78 is 7.25. The second-order valence-corrected chi connectivity index (χ2v) is 8.15. The quantitative estimate of drug-likeness (QED) is 0.863. The number of nitrogens with zero attached hydrogens (tertiary/aromatic N) is 2. The molecule has 1 aliphatic heterocycles. The van der Waals surface area contributed by atoms with Crippen molar-refractivity contribution in [2.75, 3.05) is 26.7 Å². The number of amides is 1. The van der Waals surface area contributed by atoms with E-state index in [2.05, 4.69) is 31.0 Å². The molecule has 1 saturated heterocycles. The molecule has 1 aromatic carbocycles. The minimum atomic E-state index is -0.0174. The summed E-state index contributed by atoms with van der Waals surface area (Å²) in [6, 6.07) is 7.94. The summed E-state index contributed by atoms with van der Waals surface area (Å²) in [5.41, 5.74) is 1.03. The molecule has 1 unspecified atom stereocenters. The number of carbonyl (C=O) groups excluding carboxylic acids is 1. The fourth-order valence-electron chi connectivity index (χ4n) is 3.82. The normalized spacial score (nSPS) is 18.8. The van der Waals surface area contributed by atoms with Gasteiger partial charge in [0, 0.05) is 35.7 Å². The van der Waals surface area contributed by atoms with Crippen molar-refractivity contribution in [1.29, 1.82) is 0 Å². The molecular weight excluding hydrogens is 326 g/mol. The highest BCUT2D eigenvalue weighted by Gasteiger charge is 2.30. The largest absolute Gasteiger partial charge is 0.497 e. The molecule has 0 aliphatic carbocycles. The molecule has 1 atom stereocenters. The number of methoxy groups -OCH3 is 1. The monoisotopic (exact) mass is 357 g/mol. The van der Waals surface area contributed by atoms with Gasteiger partial charge in [0.25, 0.3) is 0 Å². The minimum Gasteiger partial charge on any atom is -0.497 e. The van der Waals surface area contributed by atoms with Crippen LogP contribution in [0.1, 0.15) is 33.6 Å². The first-order valence-corrected chi connectivity index (χ1v) is 9.54. The van der Waals surface area contributed by atoms with Crippen molar-refractivity contribution in [3.05, 3.63) is 30.5 Å². The summed E-state index contributed by atoms with van der Waals surface area (Å²) in [5, 5.41) is 4.22. The molecule has 1 amide bonds. The number of hydrogen-bond donors (Lipinski definition) is 1. The number of rotatable bonds is 6. The van der Waals surface area contributed by atoms with Crippen LogP contribution in [-0.4, -0.2) is 47.7 Å². The average molecular weight is 357 g/mol. The Kier molecular flexibility index (Phi) is 5.56. The van der Waals surface area contributed by atoms with Gasteiger partial charge in [0.15, 0.2) is 0 Å². The van der Waals surface area contributed by atoms with Crippen LogP contribution in [-0.2, 0) is 11.3 Å². The Hall–Kier alpha value is -2.01. The topological polar surface area (TPSA) is 46.5 Å². The summed E-state index contributed by atoms with van der Waals surface area (Å²) >= 11 is 0. The van der Waals surface area contributed by atoms with Gasteiger partial charge in [0.1, 0.15) is 12.3 Å². The van der Waals surface area contributed by atoms with Crippen LogP contribution >= 0.6 is 0 Å². The SMILES string of the molecule is COc1ccc2c(ccn2CC(=O)NCC(C)(C)N2CCCC(C)C2)c1. The third-order valence-corrected chi connectivity index (χ3v) is 5.52. The fourth-order valence-corrected chi connectivity index (χ4v) is 3.82. The zero-order valence-corrected chi connectivity index (χ0v) is 16.4. The van der Waals surface area contributed by atoms with E-state index < -0.39 is 0 Å². The van der Waals surface area contributed by atoms with Gasteiger partial charge in [-0.05, 0) is 63.4 Å². The third kappa shape index (κ3) is 4.21. The molecule has 1 fully saturated rings. The van der Waals surface area contributed by atoms with E-state index in [1.807, 2.05) is 35.0 Å². The number of ether oxygens (including phenoxy) is 1. The standard InChI is InChI=1S/C21H31N3O2/c1-16-6-5-10-24(13-16)21(2,3)15-22-20(25)14-23-11-9-17-12-18(26-4)7-8-19(17)23/h7-9,11-12,16H,5-6,10,13-15H2,1-4H3,(H,22,25). The van der Waals surface area contributed by atoms with Gasteiger partial charge in [-0.3, -0.25) is 9.69 Å². The molecule has 26 heavy (non-hydrogen) atoms. The molecule has 0 bridgehead atoms. The first kappa shape index (κ1) is 18.8. The van der Waals surface area contributed by atoms with Gasteiger partial charge in [-0.15, -0.1) is 0 Å². The number of likely N-dealkylation sites (tertiary alicyclic amines) is 1. The van der Waals surface area contributed by atoms with E-state index in [9.17, 15) is 4.79 Å². The van der Waals surface area contributed by atoms with Crippen molar-refractivity contribution in [2.45, 2.75) is 45.7 Å². The maximum Gasteiger partial charge on any atom is 0.240 e. The zero-order chi connectivity index (χ0) is 18.7. The van der Waals surface area contributed by atoms with Gasteiger partial charge in [0.2, 0.25) is 5.91 Å². The number of piperidine rings is 1. The van der Waals surface area contributed by atoms with Crippen molar-refractivity contribution < 1.29 is 9.53 Å². The number of hydrogen-bond acceptors (Lipinski definition) is 3. The first-order valence-electron chi connectivity index (χ1n) is 9.54. The molecule has 3 rings (SSSR count). The molecule has 1 aromatic heterocycles. The van der Waals surface area contributed by atoms with Crippen molar-refractivity contribution in [1.82, 2.24) is 14.8 Å². The van der Waals surface area contributed by atoms with Gasteiger partial charge >= 0.3 is 0 Å². The summed E-state index contributed by atoms with van der Waals surface area (Å²) in [7, 11) is 1.66. The Morgan fingerprint density at radius 3 is 2.88 bits per heavy atom. The second kappa shape index (κ2) is 7.70. The van der Waals surface area contributed by atoms with Crippen LogP contribution in [0.15, 0.2) is 30.5 Å². The maximum absolute atomic E-state index is 12.5. The molecule has 0 spiro atoms. The van der Waals surface area contributed by atoms with Gasteiger partial charge in [-0.2, -0.15) is 0 Å². The molecule has 2 heterocycles. The molecule has 0 saturated carbocycles. The maximum atomic E-state index is 12.5. The summed E-state index contributed by atoms with van der Waals surface area (Å²) in [5.74, 6) is 1.62. The predicted octanol–water partition coefficient (Wildman–Crippen LogP) is 3.28. The van der Waals surface area contributed by atoms with E-state index in [4.69, 9.17) is 4.74 Å². The molecule has 0 radical (unpaired) electrons. The van der Waals surface area contributed by atoms with Crippen LogP contribution in [0.3, 0.4) is 0 Å². The van der Waals surface area contributed by atoms with Crippen LogP contribution < -0.4 is 10.1 Å². The third-order valence-electron chi connectivity index (χ3n) is 5.52. The lowest BCUT2D eigenvalue weighted by Crippen LogP contribution is -2.54. The van der Waals surface area contributed by atoms with Gasteiger partial charge in [0.05, 0.1) is 7.11 Å². The van der Waals surface area contributed by atoms with E-state index >= 15 is 0 Å². The lowest BCUT2D eigenvalue weighted by atomic mass is 9.93. The van der Waals surface area contributed by atoms with Crippen molar-refractivity contribution in [3.8, 4) is 5.75 Å². The summed E-state index contributed by atoms with van der Waals surface area (Å²) in [4.78, 5) is 15.0. The zero-order valence-electron chi connectivity index (χ0n) is 16.4. The minimum absolute atomic E-state index is 0.0174. The highest BCUT2D eigenvalue weighted by atomic mass is 16.5. The van der Waals surface area contributed by atoms with Crippen molar-refractivity contribution in [3.63, 3.8) is 0 Å². The lowest BCUT2D eigenvalue weighted by molar-refractivity contribution is -0.122. The van der Waals surface area contributed by atoms with E-state index in [1.54, 1.807) is 7.11 Å². The van der Waals surface area contributed by atoms with Gasteiger partial charge in [-0.1, -0.05) is 6.92 Å².